The highest BCUT2D eigenvalue weighted by atomic mass is 32.2. The predicted molar refractivity (Wildman–Crippen MR) is 170 cm³/mol. The number of piperazine rings is 1. The van der Waals surface area contributed by atoms with Crippen molar-refractivity contribution >= 4 is 34.3 Å². The Labute approximate surface area is 257 Å². The van der Waals surface area contributed by atoms with Crippen LogP contribution in [0.25, 0.3) is 22.0 Å². The molecular formula is C34H36N6O2S. The van der Waals surface area contributed by atoms with Gasteiger partial charge in [0.15, 0.2) is 0 Å². The van der Waals surface area contributed by atoms with Crippen LogP contribution < -0.4 is 9.64 Å². The third-order valence-corrected chi connectivity index (χ3v) is 10.2. The number of thioether (sulfide) groups is 1. The maximum atomic E-state index is 12.6. The zero-order valence-corrected chi connectivity index (χ0v) is 25.4. The standard InChI is InChI=1S/C34H36N6O2S/c1-3-32(41)40-17-16-39(21-24(40)13-14-35)33-28-12-11-23(26-8-4-10-31-27(26)9-6-18-43-31)19-30(28)37-34(29(33)20-36)42-22-25-7-5-15-38(25)2/h3-4,8,10-12,19,24-25H,1,5-7,9,13,15-18,21-22H2,2H3/t24-,25-/m0/s1. The summed E-state index contributed by atoms with van der Waals surface area (Å²) in [6, 6.07) is 17.4. The van der Waals surface area contributed by atoms with Crippen molar-refractivity contribution in [3.8, 4) is 29.1 Å². The molecule has 6 rings (SSSR count). The number of pyridine rings is 1. The van der Waals surface area contributed by atoms with Crippen LogP contribution in [0.1, 0.15) is 36.8 Å². The molecule has 0 saturated carbocycles. The Morgan fingerprint density at radius 3 is 2.84 bits per heavy atom. The van der Waals surface area contributed by atoms with Crippen LogP contribution in [0.5, 0.6) is 5.88 Å². The number of aromatic nitrogens is 1. The average Bonchev–Trinajstić information content (AvgIpc) is 3.46. The highest BCUT2D eigenvalue weighted by molar-refractivity contribution is 7.99. The molecule has 220 valence electrons. The molecule has 0 radical (unpaired) electrons. The van der Waals surface area contributed by atoms with Crippen molar-refractivity contribution < 1.29 is 9.53 Å². The van der Waals surface area contributed by atoms with Crippen LogP contribution in [0.15, 0.2) is 53.9 Å². The van der Waals surface area contributed by atoms with E-state index >= 15 is 0 Å². The first-order valence-corrected chi connectivity index (χ1v) is 16.0. The van der Waals surface area contributed by atoms with E-state index in [-0.39, 0.29) is 24.4 Å². The quantitative estimate of drug-likeness (QED) is 0.337. The van der Waals surface area contributed by atoms with Gasteiger partial charge in [-0.3, -0.25) is 4.79 Å². The highest BCUT2D eigenvalue weighted by Gasteiger charge is 2.33. The second-order valence-electron chi connectivity index (χ2n) is 11.5. The molecule has 2 fully saturated rings. The van der Waals surface area contributed by atoms with E-state index in [4.69, 9.17) is 9.72 Å². The van der Waals surface area contributed by atoms with Gasteiger partial charge in [-0.25, -0.2) is 4.98 Å². The fourth-order valence-electron chi connectivity index (χ4n) is 6.70. The van der Waals surface area contributed by atoms with Gasteiger partial charge in [0.2, 0.25) is 11.8 Å². The number of hydrogen-bond donors (Lipinski definition) is 0. The molecule has 0 unspecified atom stereocenters. The molecule has 9 heteroatoms. The molecule has 0 spiro atoms. The first-order valence-electron chi connectivity index (χ1n) is 15.0. The summed E-state index contributed by atoms with van der Waals surface area (Å²) in [4.78, 5) is 25.0. The van der Waals surface area contributed by atoms with E-state index in [0.717, 1.165) is 60.1 Å². The number of amides is 1. The number of carbonyl (C=O) groups is 1. The Hall–Kier alpha value is -4.05. The van der Waals surface area contributed by atoms with E-state index in [1.165, 1.54) is 22.1 Å². The van der Waals surface area contributed by atoms with Crippen LogP contribution in [0.2, 0.25) is 0 Å². The van der Waals surface area contributed by atoms with Crippen molar-refractivity contribution in [3.63, 3.8) is 0 Å². The summed E-state index contributed by atoms with van der Waals surface area (Å²) in [5.74, 6) is 1.30. The third-order valence-electron chi connectivity index (χ3n) is 8.98. The van der Waals surface area contributed by atoms with Gasteiger partial charge in [0.05, 0.1) is 29.7 Å². The molecule has 0 bridgehead atoms. The van der Waals surface area contributed by atoms with Crippen molar-refractivity contribution in [1.82, 2.24) is 14.8 Å². The molecule has 8 nitrogen and oxygen atoms in total. The third kappa shape index (κ3) is 5.68. The largest absolute Gasteiger partial charge is 0.475 e. The van der Waals surface area contributed by atoms with E-state index < -0.39 is 0 Å². The number of ether oxygens (including phenoxy) is 1. The Morgan fingerprint density at radius 1 is 1.19 bits per heavy atom. The van der Waals surface area contributed by atoms with Gasteiger partial charge in [-0.05, 0) is 79.9 Å². The van der Waals surface area contributed by atoms with Gasteiger partial charge in [-0.15, -0.1) is 11.8 Å². The van der Waals surface area contributed by atoms with Crippen molar-refractivity contribution in [2.45, 2.75) is 49.1 Å². The van der Waals surface area contributed by atoms with E-state index in [1.807, 2.05) is 11.8 Å². The number of anilines is 1. The second kappa shape index (κ2) is 12.7. The van der Waals surface area contributed by atoms with Crippen molar-refractivity contribution in [1.29, 1.82) is 10.5 Å². The summed E-state index contributed by atoms with van der Waals surface area (Å²) < 4.78 is 6.37. The van der Waals surface area contributed by atoms with Crippen LogP contribution in [0.3, 0.4) is 0 Å². The fraction of sp³-hybridized carbons (Fsp3) is 0.412. The zero-order chi connectivity index (χ0) is 29.9. The lowest BCUT2D eigenvalue weighted by Crippen LogP contribution is -2.55. The SMILES string of the molecule is C=CC(=O)N1CCN(c2c(C#N)c(OC[C@@H]3CCCN3C)nc3cc(-c4cccc5c4CCCS5)ccc23)C[C@@H]1CC#N. The Kier molecular flexibility index (Phi) is 8.56. The molecule has 3 aliphatic rings. The molecule has 1 amide bonds. The summed E-state index contributed by atoms with van der Waals surface area (Å²) in [6.07, 6.45) is 5.89. The molecule has 0 aliphatic carbocycles. The topological polar surface area (TPSA) is 96.5 Å². The van der Waals surface area contributed by atoms with Gasteiger partial charge in [0, 0.05) is 36.0 Å². The minimum atomic E-state index is -0.317. The minimum Gasteiger partial charge on any atom is -0.475 e. The summed E-state index contributed by atoms with van der Waals surface area (Å²) >= 11 is 1.92. The van der Waals surface area contributed by atoms with Crippen molar-refractivity contribution in [2.75, 3.05) is 50.5 Å². The fourth-order valence-corrected chi connectivity index (χ4v) is 7.77. The van der Waals surface area contributed by atoms with Crippen LogP contribution in [0.4, 0.5) is 5.69 Å². The van der Waals surface area contributed by atoms with Gasteiger partial charge < -0.3 is 19.4 Å². The molecule has 1 aromatic heterocycles. The van der Waals surface area contributed by atoms with Crippen LogP contribution >= 0.6 is 11.8 Å². The van der Waals surface area contributed by atoms with Gasteiger partial charge >= 0.3 is 0 Å². The molecule has 2 aromatic carbocycles. The van der Waals surface area contributed by atoms with Gasteiger partial charge in [-0.1, -0.05) is 30.8 Å². The number of nitriles is 2. The first kappa shape index (κ1) is 29.0. The van der Waals surface area contributed by atoms with E-state index in [9.17, 15) is 15.3 Å². The van der Waals surface area contributed by atoms with E-state index in [0.29, 0.717) is 37.7 Å². The molecular weight excluding hydrogens is 556 g/mol. The number of carbonyl (C=O) groups excluding carboxylic acids is 1. The van der Waals surface area contributed by atoms with Gasteiger partial charge in [-0.2, -0.15) is 10.5 Å². The minimum absolute atomic E-state index is 0.182. The van der Waals surface area contributed by atoms with Crippen LogP contribution in [-0.4, -0.2) is 78.4 Å². The summed E-state index contributed by atoms with van der Waals surface area (Å²) in [6.45, 7) is 6.52. The van der Waals surface area contributed by atoms with Gasteiger partial charge in [0.25, 0.3) is 0 Å². The van der Waals surface area contributed by atoms with Crippen molar-refractivity contribution in [3.05, 3.63) is 60.2 Å². The number of likely N-dealkylation sites (N-methyl/N-ethyl adjacent to an activating group) is 1. The van der Waals surface area contributed by atoms with Crippen molar-refractivity contribution in [2.24, 2.45) is 0 Å². The number of nitrogens with zero attached hydrogens (tertiary/aromatic N) is 6. The molecule has 43 heavy (non-hydrogen) atoms. The molecule has 2 saturated heterocycles. The number of rotatable bonds is 7. The summed E-state index contributed by atoms with van der Waals surface area (Å²) in [7, 11) is 2.11. The number of likely N-dealkylation sites (tertiary alicyclic amines) is 1. The first-order chi connectivity index (χ1) is 21.0. The lowest BCUT2D eigenvalue weighted by Gasteiger charge is -2.42. The van der Waals surface area contributed by atoms with E-state index in [1.54, 1.807) is 4.90 Å². The summed E-state index contributed by atoms with van der Waals surface area (Å²) in [5.41, 5.74) is 5.63. The maximum absolute atomic E-state index is 12.6. The normalized spacial score (nSPS) is 20.3. The number of hydrogen-bond acceptors (Lipinski definition) is 8. The lowest BCUT2D eigenvalue weighted by molar-refractivity contribution is -0.128. The molecule has 3 aromatic rings. The zero-order valence-electron chi connectivity index (χ0n) is 24.6. The monoisotopic (exact) mass is 592 g/mol. The average molecular weight is 593 g/mol. The number of fused-ring (bicyclic) bond motifs is 2. The maximum Gasteiger partial charge on any atom is 0.246 e. The molecule has 3 aliphatic heterocycles. The van der Waals surface area contributed by atoms with E-state index in [2.05, 4.69) is 72.0 Å². The Morgan fingerprint density at radius 2 is 2.07 bits per heavy atom. The second-order valence-corrected chi connectivity index (χ2v) is 12.6. The molecule has 4 heterocycles. The Balaban J connectivity index is 1.45. The molecule has 0 N–H and O–H groups in total. The smallest absolute Gasteiger partial charge is 0.246 e. The highest BCUT2D eigenvalue weighted by Crippen LogP contribution is 2.41. The van der Waals surface area contributed by atoms with Gasteiger partial charge in [0.1, 0.15) is 18.2 Å². The Bertz CT molecular complexity index is 1640. The predicted octanol–water partition coefficient (Wildman–Crippen LogP) is 5.40. The van der Waals surface area contributed by atoms with Crippen LogP contribution in [0, 0.1) is 22.7 Å². The summed E-state index contributed by atoms with van der Waals surface area (Å²) in [5, 5.41) is 20.9. The molecule has 2 atom stereocenters. The van der Waals surface area contributed by atoms with Crippen LogP contribution in [-0.2, 0) is 11.2 Å². The number of benzene rings is 2. The lowest BCUT2D eigenvalue weighted by atomic mass is 9.95.